The Bertz CT molecular complexity index is 1570. The molecule has 1 spiro atoms. The maximum Gasteiger partial charge on any atom is 0.349 e. The number of carbonyl (C=O) groups is 4. The third kappa shape index (κ3) is 4.83. The molecule has 12 nitrogen and oxygen atoms in total. The molecule has 2 bridgehead atoms. The Morgan fingerprint density at radius 2 is 1.78 bits per heavy atom. The van der Waals surface area contributed by atoms with E-state index < -0.39 is 59.1 Å². The van der Waals surface area contributed by atoms with Crippen LogP contribution in [0.25, 0.3) is 0 Å². The third-order valence-electron chi connectivity index (χ3n) is 9.48. The van der Waals surface area contributed by atoms with Gasteiger partial charge in [-0.3, -0.25) is 9.59 Å². The molecule has 240 valence electrons. The van der Waals surface area contributed by atoms with E-state index in [-0.39, 0.29) is 42.7 Å². The predicted octanol–water partition coefficient (Wildman–Crippen LogP) is 2.79. The van der Waals surface area contributed by atoms with Crippen molar-refractivity contribution in [2.45, 2.75) is 75.9 Å². The number of ether oxygens (including phenoxy) is 4. The second-order valence-corrected chi connectivity index (χ2v) is 11.9. The Labute approximate surface area is 260 Å². The molecule has 2 heterocycles. The van der Waals surface area contributed by atoms with Crippen LogP contribution in [0, 0.1) is 5.92 Å². The van der Waals surface area contributed by atoms with Gasteiger partial charge in [0.15, 0.2) is 17.6 Å². The molecule has 1 fully saturated rings. The first-order valence-electron chi connectivity index (χ1n) is 14.4. The molecular formula is C33H37NO11. The number of carboxylic acids is 1. The van der Waals surface area contributed by atoms with E-state index in [0.29, 0.717) is 24.9 Å². The van der Waals surface area contributed by atoms with E-state index in [9.17, 15) is 34.5 Å². The smallest absolute Gasteiger partial charge is 0.349 e. The predicted molar refractivity (Wildman–Crippen MR) is 157 cm³/mol. The number of benzene rings is 2. The third-order valence-corrected chi connectivity index (χ3v) is 9.48. The summed E-state index contributed by atoms with van der Waals surface area (Å²) in [5.74, 6) is -5.71. The molecule has 7 atom stereocenters. The molecule has 6 rings (SSSR count). The van der Waals surface area contributed by atoms with Gasteiger partial charge in [-0.1, -0.05) is 43.8 Å². The number of aliphatic carboxylic acids is 1. The lowest BCUT2D eigenvalue weighted by atomic mass is 9.50. The van der Waals surface area contributed by atoms with Crippen molar-refractivity contribution >= 4 is 23.9 Å². The van der Waals surface area contributed by atoms with Gasteiger partial charge in [-0.15, -0.1) is 0 Å². The summed E-state index contributed by atoms with van der Waals surface area (Å²) in [6, 6.07) is 10.9. The highest BCUT2D eigenvalue weighted by Crippen LogP contribution is 2.65. The van der Waals surface area contributed by atoms with Crippen molar-refractivity contribution in [2.75, 3.05) is 13.6 Å². The van der Waals surface area contributed by atoms with E-state index >= 15 is 0 Å². The summed E-state index contributed by atoms with van der Waals surface area (Å²) in [5.41, 5.74) is -0.449. The minimum absolute atomic E-state index is 0. The van der Waals surface area contributed by atoms with Crippen LogP contribution in [0.15, 0.2) is 54.3 Å². The van der Waals surface area contributed by atoms with Gasteiger partial charge in [0.25, 0.3) is 0 Å². The van der Waals surface area contributed by atoms with Crippen LogP contribution < -0.4 is 4.74 Å². The lowest BCUT2D eigenvalue weighted by Crippen LogP contribution is -2.74. The van der Waals surface area contributed by atoms with E-state index in [1.807, 2.05) is 13.1 Å². The molecule has 0 saturated carbocycles. The number of esters is 3. The Morgan fingerprint density at radius 3 is 2.44 bits per heavy atom. The topological polar surface area (TPSA) is 169 Å². The van der Waals surface area contributed by atoms with Crippen LogP contribution in [-0.2, 0) is 45.2 Å². The monoisotopic (exact) mass is 623 g/mol. The Balaban J connectivity index is 0.00000400. The number of hydrogen-bond acceptors (Lipinski definition) is 11. The van der Waals surface area contributed by atoms with Crippen LogP contribution in [0.3, 0.4) is 0 Å². The number of phenolic OH excluding ortho intramolecular Hbond substituents is 1. The highest BCUT2D eigenvalue weighted by molar-refractivity contribution is 5.88. The zero-order chi connectivity index (χ0) is 31.6. The van der Waals surface area contributed by atoms with Crippen molar-refractivity contribution < 1.29 is 53.4 Å². The molecule has 0 unspecified atom stereocenters. The Hall–Kier alpha value is -4.42. The summed E-state index contributed by atoms with van der Waals surface area (Å²) >= 11 is 0. The molecule has 1 saturated heterocycles. The maximum absolute atomic E-state index is 13.6. The van der Waals surface area contributed by atoms with Gasteiger partial charge in [0, 0.05) is 30.5 Å². The molecule has 2 aromatic rings. The molecule has 12 heteroatoms. The highest BCUT2D eigenvalue weighted by Gasteiger charge is 2.72. The zero-order valence-corrected chi connectivity index (χ0v) is 24.4. The molecule has 4 aliphatic rings. The van der Waals surface area contributed by atoms with Gasteiger partial charge in [-0.25, -0.2) is 9.59 Å². The number of rotatable bonds is 8. The fourth-order valence-corrected chi connectivity index (χ4v) is 7.38. The SMILES string of the molecule is C.CC(=O)O[C@@H](C(=O)O[C@@H](C(=O)O)c1ccccc1)[C@@H](C)C(=O)OC1=CC[C@@]2(O)[C@H]3Cc4ccc(O)c5c4[C@@]2(CCN3C)[C@H]1O5. The van der Waals surface area contributed by atoms with Crippen LogP contribution in [0.1, 0.15) is 56.9 Å². The second kappa shape index (κ2) is 11.5. The van der Waals surface area contributed by atoms with E-state index in [1.165, 1.54) is 19.1 Å². The van der Waals surface area contributed by atoms with E-state index in [1.54, 1.807) is 30.3 Å². The number of aromatic hydroxyl groups is 1. The molecule has 2 aliphatic carbocycles. The second-order valence-electron chi connectivity index (χ2n) is 11.9. The summed E-state index contributed by atoms with van der Waals surface area (Å²) in [7, 11) is 1.95. The van der Waals surface area contributed by atoms with Crippen molar-refractivity contribution in [1.29, 1.82) is 0 Å². The zero-order valence-electron chi connectivity index (χ0n) is 24.4. The van der Waals surface area contributed by atoms with Gasteiger partial charge in [-0.05, 0) is 51.1 Å². The number of likely N-dealkylation sites (tertiary alicyclic amines) is 1. The molecule has 0 radical (unpaired) electrons. The lowest BCUT2D eigenvalue weighted by molar-refractivity contribution is -0.184. The van der Waals surface area contributed by atoms with Crippen molar-refractivity contribution in [3.8, 4) is 11.5 Å². The maximum atomic E-state index is 13.6. The van der Waals surface area contributed by atoms with Crippen molar-refractivity contribution in [3.63, 3.8) is 0 Å². The minimum atomic E-state index is -1.82. The molecular weight excluding hydrogens is 586 g/mol. The average Bonchev–Trinajstić information content (AvgIpc) is 3.35. The van der Waals surface area contributed by atoms with Gasteiger partial charge < -0.3 is 39.2 Å². The summed E-state index contributed by atoms with van der Waals surface area (Å²) in [6.07, 6.45) is -1.73. The van der Waals surface area contributed by atoms with Gasteiger partial charge in [-0.2, -0.15) is 0 Å². The van der Waals surface area contributed by atoms with Gasteiger partial charge in [0.2, 0.25) is 12.2 Å². The minimum Gasteiger partial charge on any atom is -0.504 e. The largest absolute Gasteiger partial charge is 0.504 e. The van der Waals surface area contributed by atoms with Gasteiger partial charge in [0.1, 0.15) is 11.7 Å². The van der Waals surface area contributed by atoms with Gasteiger partial charge >= 0.3 is 23.9 Å². The van der Waals surface area contributed by atoms with Crippen LogP contribution in [0.4, 0.5) is 0 Å². The number of aliphatic hydroxyl groups is 1. The number of likely N-dealkylation sites (N-methyl/N-ethyl adjacent to an activating group) is 1. The van der Waals surface area contributed by atoms with Gasteiger partial charge in [0.05, 0.1) is 11.0 Å². The van der Waals surface area contributed by atoms with E-state index in [4.69, 9.17) is 18.9 Å². The van der Waals surface area contributed by atoms with Crippen molar-refractivity contribution in [3.05, 3.63) is 71.0 Å². The number of piperidine rings is 1. The van der Waals surface area contributed by atoms with Crippen LogP contribution in [0.5, 0.6) is 11.5 Å². The number of carbonyl (C=O) groups excluding carboxylic acids is 3. The summed E-state index contributed by atoms with van der Waals surface area (Å²) in [4.78, 5) is 52.7. The molecule has 2 aliphatic heterocycles. The van der Waals surface area contributed by atoms with E-state index in [0.717, 1.165) is 12.5 Å². The Morgan fingerprint density at radius 1 is 1.07 bits per heavy atom. The summed E-state index contributed by atoms with van der Waals surface area (Å²) < 4.78 is 22.5. The first kappa shape index (κ1) is 32.0. The first-order valence-corrected chi connectivity index (χ1v) is 14.4. The fraction of sp³-hybridized carbons (Fsp3) is 0.455. The molecule has 3 N–H and O–H groups in total. The summed E-state index contributed by atoms with van der Waals surface area (Å²) in [5, 5.41) is 32.7. The molecule has 0 amide bonds. The molecule has 2 aromatic carbocycles. The van der Waals surface area contributed by atoms with Crippen molar-refractivity contribution in [2.24, 2.45) is 5.92 Å². The first-order chi connectivity index (χ1) is 20.9. The molecule has 0 aromatic heterocycles. The molecule has 45 heavy (non-hydrogen) atoms. The van der Waals surface area contributed by atoms with Crippen LogP contribution in [-0.4, -0.2) is 81.5 Å². The number of carboxylic acid groups (broad SMARTS) is 1. The van der Waals surface area contributed by atoms with Crippen molar-refractivity contribution in [1.82, 2.24) is 4.90 Å². The van der Waals surface area contributed by atoms with Crippen LogP contribution >= 0.6 is 0 Å². The highest BCUT2D eigenvalue weighted by atomic mass is 16.6. The number of phenols is 1. The standard InChI is InChI=1S/C32H33NO11.CH4/c1-16(24(41-17(2)34)30(39)44-25(28(36)37)18-7-5-4-6-8-18)29(38)42-21-11-12-32(40)22-15-19-9-10-20(35)26-23(19)31(32,27(21)43-26)13-14-33(22)3;/h4-11,16,22,24-25,27,35,40H,12-15H2,1-3H3,(H,36,37);1H4/t16-,22-,24-,25-,27+,31+,32-;/m1./s1. The van der Waals surface area contributed by atoms with Crippen LogP contribution in [0.2, 0.25) is 0 Å². The van der Waals surface area contributed by atoms with E-state index in [2.05, 4.69) is 4.90 Å². The average molecular weight is 624 g/mol. The Kier molecular flexibility index (Phi) is 8.17. The fourth-order valence-electron chi connectivity index (χ4n) is 7.38. The number of hydrogen-bond donors (Lipinski definition) is 3. The number of nitrogens with zero attached hydrogens (tertiary/aromatic N) is 1. The quantitative estimate of drug-likeness (QED) is 0.291. The summed E-state index contributed by atoms with van der Waals surface area (Å²) in [6.45, 7) is 2.97. The normalized spacial score (nSPS) is 27.7. The lowest BCUT2D eigenvalue weighted by Gasteiger charge is -2.61.